The number of morpholine rings is 2. The van der Waals surface area contributed by atoms with Crippen LogP contribution in [0.1, 0.15) is 0 Å². The summed E-state index contributed by atoms with van der Waals surface area (Å²) in [6, 6.07) is 2.51. The zero-order valence-corrected chi connectivity index (χ0v) is 6.90. The molecule has 2 unspecified atom stereocenters. The second-order valence-corrected chi connectivity index (χ2v) is 3.17. The van der Waals surface area contributed by atoms with Gasteiger partial charge in [-0.15, -0.1) is 0 Å². The molecule has 0 radical (unpaired) electrons. The average Bonchev–Trinajstić information content (AvgIpc) is 2.17. The standard InChI is InChI=1S/C8H12N2O2/c9-3-8-4-10-1-2-11-5-7(10)6-12-8/h7-8H,1-2,4-6H2. The summed E-state index contributed by atoms with van der Waals surface area (Å²) in [6.45, 7) is 3.85. The van der Waals surface area contributed by atoms with Crippen LogP contribution in [0.5, 0.6) is 0 Å². The third-order valence-electron chi connectivity index (χ3n) is 2.38. The van der Waals surface area contributed by atoms with Crippen LogP contribution in [0.25, 0.3) is 0 Å². The van der Waals surface area contributed by atoms with Crippen LogP contribution in [0, 0.1) is 11.3 Å². The Morgan fingerprint density at radius 2 is 2.33 bits per heavy atom. The van der Waals surface area contributed by atoms with Crippen LogP contribution >= 0.6 is 0 Å². The van der Waals surface area contributed by atoms with Crippen molar-refractivity contribution in [3.8, 4) is 6.07 Å². The Morgan fingerprint density at radius 1 is 1.42 bits per heavy atom. The van der Waals surface area contributed by atoms with Crippen LogP contribution in [0.4, 0.5) is 0 Å². The van der Waals surface area contributed by atoms with Crippen molar-refractivity contribution in [2.75, 3.05) is 32.9 Å². The van der Waals surface area contributed by atoms with Gasteiger partial charge in [0.2, 0.25) is 0 Å². The Labute approximate surface area is 71.7 Å². The van der Waals surface area contributed by atoms with E-state index in [1.165, 1.54) is 0 Å². The van der Waals surface area contributed by atoms with E-state index in [0.717, 1.165) is 26.3 Å². The Morgan fingerprint density at radius 3 is 3.17 bits per heavy atom. The molecule has 0 N–H and O–H groups in total. The molecule has 0 aromatic carbocycles. The van der Waals surface area contributed by atoms with Gasteiger partial charge < -0.3 is 9.47 Å². The number of fused-ring (bicyclic) bond motifs is 1. The van der Waals surface area contributed by atoms with Gasteiger partial charge >= 0.3 is 0 Å². The van der Waals surface area contributed by atoms with Gasteiger partial charge in [-0.05, 0) is 0 Å². The van der Waals surface area contributed by atoms with E-state index >= 15 is 0 Å². The van der Waals surface area contributed by atoms with Crippen LogP contribution in [-0.4, -0.2) is 50.0 Å². The molecule has 2 fully saturated rings. The quantitative estimate of drug-likeness (QED) is 0.494. The van der Waals surface area contributed by atoms with Gasteiger partial charge in [0.25, 0.3) is 0 Å². The van der Waals surface area contributed by atoms with Crippen molar-refractivity contribution in [1.82, 2.24) is 4.90 Å². The lowest BCUT2D eigenvalue weighted by atomic mass is 10.2. The van der Waals surface area contributed by atoms with E-state index in [1.54, 1.807) is 0 Å². The van der Waals surface area contributed by atoms with Gasteiger partial charge in [-0.2, -0.15) is 5.26 Å². The first-order valence-corrected chi connectivity index (χ1v) is 4.23. The lowest BCUT2D eigenvalue weighted by Gasteiger charge is -2.40. The molecule has 2 aliphatic rings. The number of hydrogen-bond donors (Lipinski definition) is 0. The molecule has 0 spiro atoms. The number of nitriles is 1. The highest BCUT2D eigenvalue weighted by Gasteiger charge is 2.30. The van der Waals surface area contributed by atoms with E-state index in [0.29, 0.717) is 12.6 Å². The smallest absolute Gasteiger partial charge is 0.156 e. The van der Waals surface area contributed by atoms with Gasteiger partial charge in [0.1, 0.15) is 0 Å². The minimum Gasteiger partial charge on any atom is -0.378 e. The molecule has 0 aromatic heterocycles. The van der Waals surface area contributed by atoms with Gasteiger partial charge in [-0.25, -0.2) is 0 Å². The van der Waals surface area contributed by atoms with E-state index in [2.05, 4.69) is 11.0 Å². The summed E-state index contributed by atoms with van der Waals surface area (Å²) in [6.07, 6.45) is -0.237. The molecule has 12 heavy (non-hydrogen) atoms. The van der Waals surface area contributed by atoms with E-state index < -0.39 is 0 Å². The molecule has 2 aliphatic heterocycles. The Hall–Kier alpha value is -0.630. The second-order valence-electron chi connectivity index (χ2n) is 3.17. The molecular weight excluding hydrogens is 156 g/mol. The zero-order valence-electron chi connectivity index (χ0n) is 6.90. The second kappa shape index (κ2) is 3.40. The first kappa shape index (κ1) is 7.99. The fourth-order valence-electron chi connectivity index (χ4n) is 1.65. The summed E-state index contributed by atoms with van der Waals surface area (Å²) in [5, 5.41) is 8.65. The predicted molar refractivity (Wildman–Crippen MR) is 41.5 cm³/mol. The third-order valence-corrected chi connectivity index (χ3v) is 2.38. The van der Waals surface area contributed by atoms with E-state index in [9.17, 15) is 0 Å². The van der Waals surface area contributed by atoms with E-state index in [1.807, 2.05) is 0 Å². The summed E-state index contributed by atoms with van der Waals surface area (Å²) in [4.78, 5) is 2.28. The maximum absolute atomic E-state index is 8.65. The molecule has 4 heteroatoms. The first-order chi connectivity index (χ1) is 5.90. The Bertz CT molecular complexity index is 202. The van der Waals surface area contributed by atoms with Crippen LogP contribution < -0.4 is 0 Å². The molecule has 2 saturated heterocycles. The Kier molecular flexibility index (Phi) is 2.26. The normalized spacial score (nSPS) is 36.9. The van der Waals surface area contributed by atoms with E-state index in [-0.39, 0.29) is 6.10 Å². The summed E-state index contributed by atoms with van der Waals surface area (Å²) < 4.78 is 10.6. The van der Waals surface area contributed by atoms with Crippen molar-refractivity contribution in [1.29, 1.82) is 5.26 Å². The number of nitrogens with zero attached hydrogens (tertiary/aromatic N) is 2. The minimum absolute atomic E-state index is 0.237. The zero-order chi connectivity index (χ0) is 8.39. The third kappa shape index (κ3) is 1.44. The summed E-state index contributed by atoms with van der Waals surface area (Å²) in [5.74, 6) is 0. The van der Waals surface area contributed by atoms with Crippen LogP contribution in [-0.2, 0) is 9.47 Å². The largest absolute Gasteiger partial charge is 0.378 e. The van der Waals surface area contributed by atoms with Crippen molar-refractivity contribution in [2.45, 2.75) is 12.1 Å². The number of rotatable bonds is 0. The molecule has 2 atom stereocenters. The highest BCUT2D eigenvalue weighted by atomic mass is 16.5. The Balaban J connectivity index is 1.95. The van der Waals surface area contributed by atoms with Crippen molar-refractivity contribution in [3.63, 3.8) is 0 Å². The average molecular weight is 168 g/mol. The van der Waals surface area contributed by atoms with Crippen molar-refractivity contribution >= 4 is 0 Å². The molecule has 0 saturated carbocycles. The molecule has 4 nitrogen and oxygen atoms in total. The maximum Gasteiger partial charge on any atom is 0.156 e. The summed E-state index contributed by atoms with van der Waals surface area (Å²) >= 11 is 0. The predicted octanol–water partition coefficient (Wildman–Crippen LogP) is -0.390. The molecule has 0 amide bonds. The first-order valence-electron chi connectivity index (χ1n) is 4.23. The maximum atomic E-state index is 8.65. The van der Waals surface area contributed by atoms with Gasteiger partial charge in [-0.3, -0.25) is 4.90 Å². The van der Waals surface area contributed by atoms with Crippen molar-refractivity contribution in [3.05, 3.63) is 0 Å². The van der Waals surface area contributed by atoms with Gasteiger partial charge in [0.05, 0.1) is 31.9 Å². The summed E-state index contributed by atoms with van der Waals surface area (Å²) in [5.41, 5.74) is 0. The fraction of sp³-hybridized carbons (Fsp3) is 0.875. The lowest BCUT2D eigenvalue weighted by Crippen LogP contribution is -2.55. The molecular formula is C8H12N2O2. The monoisotopic (exact) mass is 168 g/mol. The van der Waals surface area contributed by atoms with E-state index in [4.69, 9.17) is 14.7 Å². The molecule has 0 aliphatic carbocycles. The van der Waals surface area contributed by atoms with Crippen molar-refractivity contribution < 1.29 is 9.47 Å². The molecule has 2 rings (SSSR count). The van der Waals surface area contributed by atoms with Crippen LogP contribution in [0.3, 0.4) is 0 Å². The number of hydrogen-bond acceptors (Lipinski definition) is 4. The van der Waals surface area contributed by atoms with Gasteiger partial charge in [-0.1, -0.05) is 0 Å². The minimum atomic E-state index is -0.237. The summed E-state index contributed by atoms with van der Waals surface area (Å²) in [7, 11) is 0. The molecule has 66 valence electrons. The number of ether oxygens (including phenoxy) is 2. The highest BCUT2D eigenvalue weighted by molar-refractivity contribution is 4.93. The van der Waals surface area contributed by atoms with Crippen LogP contribution in [0.2, 0.25) is 0 Å². The van der Waals surface area contributed by atoms with Crippen molar-refractivity contribution in [2.24, 2.45) is 0 Å². The molecule has 0 aromatic rings. The topological polar surface area (TPSA) is 45.5 Å². The van der Waals surface area contributed by atoms with Gasteiger partial charge in [0, 0.05) is 13.1 Å². The lowest BCUT2D eigenvalue weighted by molar-refractivity contribution is -0.101. The fourth-order valence-corrected chi connectivity index (χ4v) is 1.65. The molecule has 0 bridgehead atoms. The van der Waals surface area contributed by atoms with Crippen LogP contribution in [0.15, 0.2) is 0 Å². The molecule has 2 heterocycles. The SMILES string of the molecule is N#CC1CN2CCOCC2CO1. The highest BCUT2D eigenvalue weighted by Crippen LogP contribution is 2.14. The van der Waals surface area contributed by atoms with Gasteiger partial charge in [0.15, 0.2) is 6.10 Å².